The number of carbonyl (C=O) groups is 2. The number of hydrogen-bond donors (Lipinski definition) is 0. The quantitative estimate of drug-likeness (QED) is 0.634. The summed E-state index contributed by atoms with van der Waals surface area (Å²) in [7, 11) is 0. The Morgan fingerprint density at radius 3 is 2.24 bits per heavy atom. The van der Waals surface area contributed by atoms with Crippen molar-refractivity contribution in [1.29, 1.82) is 0 Å². The van der Waals surface area contributed by atoms with Gasteiger partial charge in [0.2, 0.25) is 5.91 Å². The van der Waals surface area contributed by atoms with Gasteiger partial charge in [0.25, 0.3) is 0 Å². The summed E-state index contributed by atoms with van der Waals surface area (Å²) in [6.45, 7) is 8.82. The SMILES string of the molecule is C=CC(=O)N(CC)CC.O=Cc1cccc2ccccc12. The molecule has 0 aliphatic heterocycles. The molecule has 0 aliphatic rings. The van der Waals surface area contributed by atoms with Crippen LogP contribution in [0.15, 0.2) is 55.1 Å². The minimum absolute atomic E-state index is 0.0139. The van der Waals surface area contributed by atoms with Crippen molar-refractivity contribution in [2.45, 2.75) is 13.8 Å². The van der Waals surface area contributed by atoms with Gasteiger partial charge in [-0.15, -0.1) is 0 Å². The summed E-state index contributed by atoms with van der Waals surface area (Å²) < 4.78 is 0. The number of fused-ring (bicyclic) bond motifs is 1. The number of benzene rings is 2. The highest BCUT2D eigenvalue weighted by atomic mass is 16.2. The van der Waals surface area contributed by atoms with Gasteiger partial charge in [0.15, 0.2) is 6.29 Å². The lowest BCUT2D eigenvalue weighted by Gasteiger charge is -2.15. The fraction of sp³-hybridized carbons (Fsp3) is 0.222. The van der Waals surface area contributed by atoms with Crippen molar-refractivity contribution in [3.05, 3.63) is 60.7 Å². The molecule has 0 fully saturated rings. The van der Waals surface area contributed by atoms with Crippen LogP contribution >= 0.6 is 0 Å². The van der Waals surface area contributed by atoms with Crippen LogP contribution in [0, 0.1) is 0 Å². The van der Waals surface area contributed by atoms with E-state index in [9.17, 15) is 9.59 Å². The summed E-state index contributed by atoms with van der Waals surface area (Å²) in [4.78, 5) is 23.1. The minimum Gasteiger partial charge on any atom is -0.340 e. The molecular weight excluding hydrogens is 262 g/mol. The Labute approximate surface area is 125 Å². The van der Waals surface area contributed by atoms with Crippen LogP contribution in [-0.4, -0.2) is 30.2 Å². The molecule has 3 heteroatoms. The average Bonchev–Trinajstić information content (AvgIpc) is 2.55. The molecule has 0 saturated heterocycles. The molecule has 0 heterocycles. The summed E-state index contributed by atoms with van der Waals surface area (Å²) in [5.41, 5.74) is 0.758. The first-order valence-corrected chi connectivity index (χ1v) is 7.02. The van der Waals surface area contributed by atoms with Gasteiger partial charge >= 0.3 is 0 Å². The molecular formula is C18H21NO2. The van der Waals surface area contributed by atoms with Gasteiger partial charge in [0.1, 0.15) is 0 Å². The van der Waals surface area contributed by atoms with Crippen molar-refractivity contribution in [2.24, 2.45) is 0 Å². The fourth-order valence-electron chi connectivity index (χ4n) is 2.02. The molecule has 2 aromatic rings. The van der Waals surface area contributed by atoms with Crippen LogP contribution in [0.25, 0.3) is 10.8 Å². The first kappa shape index (κ1) is 16.6. The predicted molar refractivity (Wildman–Crippen MR) is 87.5 cm³/mol. The Kier molecular flexibility index (Phi) is 6.88. The van der Waals surface area contributed by atoms with Gasteiger partial charge in [-0.25, -0.2) is 0 Å². The summed E-state index contributed by atoms with van der Waals surface area (Å²) in [5.74, 6) is 0.0139. The molecule has 2 aromatic carbocycles. The number of carbonyl (C=O) groups excluding carboxylic acids is 2. The number of likely N-dealkylation sites (N-methyl/N-ethyl adjacent to an activating group) is 1. The maximum atomic E-state index is 10.8. The topological polar surface area (TPSA) is 37.4 Å². The van der Waals surface area contributed by atoms with Crippen LogP contribution in [-0.2, 0) is 4.79 Å². The van der Waals surface area contributed by atoms with E-state index in [0.717, 1.165) is 35.7 Å². The predicted octanol–water partition coefficient (Wildman–Crippen LogP) is 3.69. The molecule has 110 valence electrons. The van der Waals surface area contributed by atoms with Crippen molar-refractivity contribution in [3.63, 3.8) is 0 Å². The average molecular weight is 283 g/mol. The van der Waals surface area contributed by atoms with E-state index in [1.54, 1.807) is 4.90 Å². The summed E-state index contributed by atoms with van der Waals surface area (Å²) >= 11 is 0. The fourth-order valence-corrected chi connectivity index (χ4v) is 2.02. The Morgan fingerprint density at radius 1 is 1.10 bits per heavy atom. The van der Waals surface area contributed by atoms with E-state index in [0.29, 0.717) is 0 Å². The third-order valence-electron chi connectivity index (χ3n) is 3.20. The van der Waals surface area contributed by atoms with Crippen molar-refractivity contribution >= 4 is 23.0 Å². The molecule has 0 spiro atoms. The largest absolute Gasteiger partial charge is 0.340 e. The van der Waals surface area contributed by atoms with Crippen LogP contribution in [0.3, 0.4) is 0 Å². The van der Waals surface area contributed by atoms with Crippen molar-refractivity contribution < 1.29 is 9.59 Å². The van der Waals surface area contributed by atoms with Crippen LogP contribution < -0.4 is 0 Å². The minimum atomic E-state index is 0.0139. The second-order valence-corrected chi connectivity index (χ2v) is 4.40. The van der Waals surface area contributed by atoms with E-state index in [2.05, 4.69) is 6.58 Å². The van der Waals surface area contributed by atoms with E-state index in [1.165, 1.54) is 6.08 Å². The third kappa shape index (κ3) is 4.56. The van der Waals surface area contributed by atoms with E-state index in [4.69, 9.17) is 0 Å². The molecule has 3 nitrogen and oxygen atoms in total. The van der Waals surface area contributed by atoms with E-state index in [-0.39, 0.29) is 5.91 Å². The molecule has 0 bridgehead atoms. The Balaban J connectivity index is 0.000000222. The number of rotatable bonds is 4. The zero-order valence-electron chi connectivity index (χ0n) is 12.6. The highest BCUT2D eigenvalue weighted by molar-refractivity contribution is 5.97. The standard InChI is InChI=1S/C11H8O.C7H13NO/c12-8-10-6-3-5-9-4-1-2-7-11(9)10;1-4-7(9)8(5-2)6-3/h1-8H;4H,1,5-6H2,2-3H3. The Morgan fingerprint density at radius 2 is 1.71 bits per heavy atom. The van der Waals surface area contributed by atoms with Gasteiger partial charge in [0.05, 0.1) is 0 Å². The first-order chi connectivity index (χ1) is 10.2. The molecule has 0 radical (unpaired) electrons. The molecule has 0 saturated carbocycles. The smallest absolute Gasteiger partial charge is 0.245 e. The Bertz CT molecular complexity index is 610. The molecule has 0 aromatic heterocycles. The van der Waals surface area contributed by atoms with Crippen LogP contribution in [0.5, 0.6) is 0 Å². The van der Waals surface area contributed by atoms with Gasteiger partial charge in [-0.2, -0.15) is 0 Å². The third-order valence-corrected chi connectivity index (χ3v) is 3.20. The highest BCUT2D eigenvalue weighted by Gasteiger charge is 2.01. The van der Waals surface area contributed by atoms with Gasteiger partial charge in [-0.1, -0.05) is 49.0 Å². The second kappa shape index (κ2) is 8.69. The molecule has 0 N–H and O–H groups in total. The molecule has 2 rings (SSSR count). The number of amides is 1. The molecule has 21 heavy (non-hydrogen) atoms. The molecule has 0 aliphatic carbocycles. The lowest BCUT2D eigenvalue weighted by molar-refractivity contribution is -0.125. The number of hydrogen-bond acceptors (Lipinski definition) is 2. The normalized spacial score (nSPS) is 9.43. The highest BCUT2D eigenvalue weighted by Crippen LogP contribution is 2.16. The van der Waals surface area contributed by atoms with Gasteiger partial charge in [-0.05, 0) is 30.7 Å². The Hall–Kier alpha value is -2.42. The number of aldehydes is 1. The maximum absolute atomic E-state index is 10.8. The zero-order chi connectivity index (χ0) is 15.7. The van der Waals surface area contributed by atoms with Gasteiger partial charge in [0, 0.05) is 18.7 Å². The van der Waals surface area contributed by atoms with Crippen molar-refractivity contribution in [1.82, 2.24) is 4.90 Å². The van der Waals surface area contributed by atoms with Gasteiger partial charge in [-0.3, -0.25) is 9.59 Å². The molecule has 0 atom stereocenters. The summed E-state index contributed by atoms with van der Waals surface area (Å²) in [5, 5.41) is 2.14. The monoisotopic (exact) mass is 283 g/mol. The molecule has 0 unspecified atom stereocenters. The van der Waals surface area contributed by atoms with Gasteiger partial charge < -0.3 is 4.90 Å². The zero-order valence-corrected chi connectivity index (χ0v) is 12.6. The van der Waals surface area contributed by atoms with E-state index < -0.39 is 0 Å². The second-order valence-electron chi connectivity index (χ2n) is 4.40. The van der Waals surface area contributed by atoms with E-state index in [1.807, 2.05) is 56.3 Å². The number of nitrogens with zero attached hydrogens (tertiary/aromatic N) is 1. The van der Waals surface area contributed by atoms with Crippen molar-refractivity contribution in [3.8, 4) is 0 Å². The summed E-state index contributed by atoms with van der Waals surface area (Å²) in [6.07, 6.45) is 2.23. The molecule has 1 amide bonds. The lowest BCUT2D eigenvalue weighted by Crippen LogP contribution is -2.28. The van der Waals surface area contributed by atoms with E-state index >= 15 is 0 Å². The van der Waals surface area contributed by atoms with Crippen molar-refractivity contribution in [2.75, 3.05) is 13.1 Å². The summed E-state index contributed by atoms with van der Waals surface area (Å²) in [6, 6.07) is 13.6. The lowest BCUT2D eigenvalue weighted by atomic mass is 10.1. The maximum Gasteiger partial charge on any atom is 0.245 e. The van der Waals surface area contributed by atoms with Crippen LogP contribution in [0.2, 0.25) is 0 Å². The first-order valence-electron chi connectivity index (χ1n) is 7.02. The van der Waals surface area contributed by atoms with Crippen LogP contribution in [0.4, 0.5) is 0 Å². The van der Waals surface area contributed by atoms with Crippen LogP contribution in [0.1, 0.15) is 24.2 Å².